The molecule has 1 saturated carbocycles. The Morgan fingerprint density at radius 2 is 2.05 bits per heavy atom. The zero-order valence-corrected chi connectivity index (χ0v) is 12.6. The number of hydrogen-bond acceptors (Lipinski definition) is 3. The summed E-state index contributed by atoms with van der Waals surface area (Å²) >= 11 is 0. The van der Waals surface area contributed by atoms with Crippen LogP contribution in [0.3, 0.4) is 0 Å². The molecule has 1 aromatic carbocycles. The van der Waals surface area contributed by atoms with Crippen LogP contribution in [0, 0.1) is 5.92 Å². The summed E-state index contributed by atoms with van der Waals surface area (Å²) < 4.78 is 0. The number of amides is 1. The Bertz CT molecular complexity index is 487. The van der Waals surface area contributed by atoms with Crippen LogP contribution in [0.2, 0.25) is 0 Å². The van der Waals surface area contributed by atoms with E-state index in [0.717, 1.165) is 5.69 Å². The van der Waals surface area contributed by atoms with Crippen molar-refractivity contribution in [2.75, 3.05) is 24.7 Å². The van der Waals surface area contributed by atoms with E-state index in [1.807, 2.05) is 12.1 Å². The number of nitrogens with two attached hydrogens (primary N) is 1. The predicted molar refractivity (Wildman–Crippen MR) is 84.1 cm³/mol. The van der Waals surface area contributed by atoms with Gasteiger partial charge in [-0.15, -0.1) is 0 Å². The van der Waals surface area contributed by atoms with Gasteiger partial charge in [0.25, 0.3) is 5.91 Å². The summed E-state index contributed by atoms with van der Waals surface area (Å²) in [7, 11) is 3.74. The van der Waals surface area contributed by atoms with E-state index in [2.05, 4.69) is 24.2 Å². The van der Waals surface area contributed by atoms with Gasteiger partial charge in [-0.2, -0.15) is 0 Å². The Kier molecular flexibility index (Phi) is 4.53. The zero-order chi connectivity index (χ0) is 14.7. The first kappa shape index (κ1) is 14.7. The van der Waals surface area contributed by atoms with Gasteiger partial charge in [-0.05, 0) is 37.0 Å². The first-order valence-electron chi connectivity index (χ1n) is 7.39. The molecule has 0 bridgehead atoms. The molecule has 1 amide bonds. The highest BCUT2D eigenvalue weighted by molar-refractivity contribution is 5.96. The minimum absolute atomic E-state index is 0.100. The Morgan fingerprint density at radius 3 is 2.65 bits per heavy atom. The monoisotopic (exact) mass is 275 g/mol. The maximum absolute atomic E-state index is 11.6. The summed E-state index contributed by atoms with van der Waals surface area (Å²) in [5.41, 5.74) is 8.45. The highest BCUT2D eigenvalue weighted by Gasteiger charge is 2.26. The van der Waals surface area contributed by atoms with Gasteiger partial charge in [-0.1, -0.05) is 19.8 Å². The normalized spacial score (nSPS) is 22.4. The van der Waals surface area contributed by atoms with Gasteiger partial charge in [0.05, 0.1) is 11.4 Å². The molecule has 1 aromatic rings. The fourth-order valence-electron chi connectivity index (χ4n) is 3.21. The molecule has 1 fully saturated rings. The molecular weight excluding hydrogens is 250 g/mol. The Balaban J connectivity index is 2.21. The molecule has 1 aliphatic rings. The molecule has 2 atom stereocenters. The number of benzene rings is 1. The number of nitrogens with zero attached hydrogens (tertiary/aromatic N) is 1. The minimum Gasteiger partial charge on any atom is -0.397 e. The average molecular weight is 275 g/mol. The standard InChI is InChI=1S/C16H25N3O/c1-11-6-4-5-7-14(11)19(3)15-9-8-12(10-13(15)17)16(20)18-2/h8-11,14H,4-7,17H2,1-3H3,(H,18,20). The van der Waals surface area contributed by atoms with Gasteiger partial charge in [0.2, 0.25) is 0 Å². The average Bonchev–Trinajstić information content (AvgIpc) is 2.46. The number of hydrogen-bond donors (Lipinski definition) is 2. The van der Waals surface area contributed by atoms with E-state index in [9.17, 15) is 4.79 Å². The van der Waals surface area contributed by atoms with E-state index >= 15 is 0 Å². The largest absolute Gasteiger partial charge is 0.397 e. The van der Waals surface area contributed by atoms with Crippen LogP contribution in [0.25, 0.3) is 0 Å². The molecule has 0 aromatic heterocycles. The van der Waals surface area contributed by atoms with Gasteiger partial charge >= 0.3 is 0 Å². The lowest BCUT2D eigenvalue weighted by Crippen LogP contribution is -2.39. The van der Waals surface area contributed by atoms with Gasteiger partial charge in [0.1, 0.15) is 0 Å². The third-order valence-corrected chi connectivity index (χ3v) is 4.46. The van der Waals surface area contributed by atoms with Crippen LogP contribution in [-0.4, -0.2) is 26.0 Å². The molecule has 110 valence electrons. The fraction of sp³-hybridized carbons (Fsp3) is 0.562. The molecule has 0 radical (unpaired) electrons. The van der Waals surface area contributed by atoms with E-state index in [0.29, 0.717) is 23.2 Å². The maximum atomic E-state index is 11.6. The first-order valence-corrected chi connectivity index (χ1v) is 7.39. The van der Waals surface area contributed by atoms with Crippen molar-refractivity contribution in [2.45, 2.75) is 38.6 Å². The van der Waals surface area contributed by atoms with Crippen LogP contribution >= 0.6 is 0 Å². The van der Waals surface area contributed by atoms with Gasteiger partial charge in [0.15, 0.2) is 0 Å². The Hall–Kier alpha value is -1.71. The van der Waals surface area contributed by atoms with Crippen molar-refractivity contribution in [3.63, 3.8) is 0 Å². The van der Waals surface area contributed by atoms with Crippen molar-refractivity contribution < 1.29 is 4.79 Å². The number of carbonyl (C=O) groups is 1. The van der Waals surface area contributed by atoms with E-state index < -0.39 is 0 Å². The fourth-order valence-corrected chi connectivity index (χ4v) is 3.21. The smallest absolute Gasteiger partial charge is 0.251 e. The van der Waals surface area contributed by atoms with E-state index in [4.69, 9.17) is 5.73 Å². The summed E-state index contributed by atoms with van der Waals surface area (Å²) in [4.78, 5) is 13.9. The van der Waals surface area contributed by atoms with Crippen LogP contribution in [0.4, 0.5) is 11.4 Å². The molecule has 20 heavy (non-hydrogen) atoms. The number of nitrogen functional groups attached to an aromatic ring is 1. The molecule has 2 unspecified atom stereocenters. The van der Waals surface area contributed by atoms with Crippen LogP contribution in [0.15, 0.2) is 18.2 Å². The van der Waals surface area contributed by atoms with Crippen LogP contribution in [-0.2, 0) is 0 Å². The highest BCUT2D eigenvalue weighted by Crippen LogP contribution is 2.33. The van der Waals surface area contributed by atoms with Gasteiger partial charge in [-0.3, -0.25) is 4.79 Å². The minimum atomic E-state index is -0.100. The number of nitrogens with one attached hydrogen (secondary N) is 1. The van der Waals surface area contributed by atoms with Crippen molar-refractivity contribution >= 4 is 17.3 Å². The molecule has 4 heteroatoms. The van der Waals surface area contributed by atoms with Crippen molar-refractivity contribution in [1.82, 2.24) is 5.32 Å². The summed E-state index contributed by atoms with van der Waals surface area (Å²) in [6, 6.07) is 6.10. The molecular formula is C16H25N3O. The lowest BCUT2D eigenvalue weighted by molar-refractivity contribution is 0.0963. The SMILES string of the molecule is CNC(=O)c1ccc(N(C)C2CCCCC2C)c(N)c1. The van der Waals surface area contributed by atoms with E-state index in [1.165, 1.54) is 25.7 Å². The quantitative estimate of drug-likeness (QED) is 0.834. The molecule has 3 N–H and O–H groups in total. The van der Waals surface area contributed by atoms with Crippen LogP contribution in [0.5, 0.6) is 0 Å². The van der Waals surface area contributed by atoms with Crippen LogP contribution in [0.1, 0.15) is 43.0 Å². The third kappa shape index (κ3) is 2.89. The topological polar surface area (TPSA) is 58.4 Å². The van der Waals surface area contributed by atoms with Crippen molar-refractivity contribution in [3.05, 3.63) is 23.8 Å². The second kappa shape index (κ2) is 6.16. The second-order valence-electron chi connectivity index (χ2n) is 5.79. The highest BCUT2D eigenvalue weighted by atomic mass is 16.1. The summed E-state index contributed by atoms with van der Waals surface area (Å²) in [6.45, 7) is 2.31. The van der Waals surface area contributed by atoms with Gasteiger partial charge in [0, 0.05) is 25.7 Å². The maximum Gasteiger partial charge on any atom is 0.251 e. The lowest BCUT2D eigenvalue weighted by Gasteiger charge is -2.38. The van der Waals surface area contributed by atoms with Crippen molar-refractivity contribution in [1.29, 1.82) is 0 Å². The van der Waals surface area contributed by atoms with Gasteiger partial charge < -0.3 is 16.0 Å². The van der Waals surface area contributed by atoms with Gasteiger partial charge in [-0.25, -0.2) is 0 Å². The first-order chi connectivity index (χ1) is 9.54. The summed E-state index contributed by atoms with van der Waals surface area (Å²) in [6.07, 6.45) is 5.12. The molecule has 2 rings (SSSR count). The zero-order valence-electron chi connectivity index (χ0n) is 12.6. The van der Waals surface area contributed by atoms with Crippen molar-refractivity contribution in [3.8, 4) is 0 Å². The second-order valence-corrected chi connectivity index (χ2v) is 5.79. The third-order valence-electron chi connectivity index (χ3n) is 4.46. The number of anilines is 2. The molecule has 4 nitrogen and oxygen atoms in total. The molecule has 0 heterocycles. The number of carbonyl (C=O) groups excluding carboxylic acids is 1. The number of rotatable bonds is 3. The molecule has 0 spiro atoms. The summed E-state index contributed by atoms with van der Waals surface area (Å²) in [5, 5.41) is 2.62. The van der Waals surface area contributed by atoms with E-state index in [-0.39, 0.29) is 5.91 Å². The lowest BCUT2D eigenvalue weighted by atomic mass is 9.85. The predicted octanol–water partition coefficient (Wildman–Crippen LogP) is 2.64. The Labute approximate surface area is 121 Å². The molecule has 0 saturated heterocycles. The van der Waals surface area contributed by atoms with E-state index in [1.54, 1.807) is 13.1 Å². The summed E-state index contributed by atoms with van der Waals surface area (Å²) in [5.74, 6) is 0.587. The Morgan fingerprint density at radius 1 is 1.35 bits per heavy atom. The van der Waals surface area contributed by atoms with Crippen LogP contribution < -0.4 is 16.0 Å². The van der Waals surface area contributed by atoms with Crippen molar-refractivity contribution in [2.24, 2.45) is 5.92 Å². The molecule has 0 aliphatic heterocycles. The molecule has 1 aliphatic carbocycles.